The van der Waals surface area contributed by atoms with Gasteiger partial charge in [0.1, 0.15) is 0 Å². The van der Waals surface area contributed by atoms with Crippen LogP contribution in [0.15, 0.2) is 42.6 Å². The van der Waals surface area contributed by atoms with Crippen molar-refractivity contribution in [2.45, 2.75) is 50.1 Å². The number of aromatic nitrogens is 1. The summed E-state index contributed by atoms with van der Waals surface area (Å²) < 4.78 is 25.8. The van der Waals surface area contributed by atoms with E-state index >= 15 is 0 Å². The van der Waals surface area contributed by atoms with Crippen molar-refractivity contribution in [1.29, 1.82) is 0 Å². The average molecular weight is 374 g/mol. The lowest BCUT2D eigenvalue weighted by Gasteiger charge is -2.51. The summed E-state index contributed by atoms with van der Waals surface area (Å²) in [7, 11) is -3.25. The van der Waals surface area contributed by atoms with Gasteiger partial charge in [0.05, 0.1) is 6.26 Å². The molecular weight excluding hydrogens is 346 g/mol. The molecule has 2 unspecified atom stereocenters. The van der Waals surface area contributed by atoms with Crippen LogP contribution in [0.3, 0.4) is 0 Å². The van der Waals surface area contributed by atoms with Crippen molar-refractivity contribution in [3.05, 3.63) is 53.9 Å². The number of rotatable bonds is 5. The van der Waals surface area contributed by atoms with Crippen LogP contribution < -0.4 is 4.72 Å². The van der Waals surface area contributed by atoms with E-state index in [1.165, 1.54) is 36.8 Å². The smallest absolute Gasteiger partial charge is 0.229 e. The third-order valence-corrected chi connectivity index (χ3v) is 6.63. The van der Waals surface area contributed by atoms with E-state index < -0.39 is 10.0 Å². The topological polar surface area (TPSA) is 65.2 Å². The Balaban J connectivity index is 1.55. The van der Waals surface area contributed by atoms with Crippen molar-refractivity contribution in [2.75, 3.05) is 17.5 Å². The second-order valence-corrected chi connectivity index (χ2v) is 9.65. The molecule has 26 heavy (non-hydrogen) atoms. The molecule has 1 saturated heterocycles. The fraction of sp³-hybridized carbons (Fsp3) is 0.500. The normalized spacial score (nSPS) is 26.6. The Morgan fingerprint density at radius 2 is 2.15 bits per heavy atom. The second kappa shape index (κ2) is 6.74. The third-order valence-electron chi connectivity index (χ3n) is 6.03. The largest absolute Gasteiger partial charge is 0.364 e. The van der Waals surface area contributed by atoms with Crippen LogP contribution in [0.2, 0.25) is 0 Å². The molecule has 1 aromatic heterocycles. The summed E-state index contributed by atoms with van der Waals surface area (Å²) in [6, 6.07) is 12.9. The minimum Gasteiger partial charge on any atom is -0.364 e. The number of piperidine rings is 1. The zero-order valence-electron chi connectivity index (χ0n) is 15.2. The standard InChI is InChI=1S/C20H27N3O2S/c1-26(24,25)22-17-6-2-5-16(13-17)20-9-3-8-19(14-20)23(12-10-20)15-18-7-4-11-21-18/h2,4-7,11,13,19,21-22H,3,8-10,12,14-15H2,1H3. The first-order valence-electron chi connectivity index (χ1n) is 9.38. The molecule has 6 heteroatoms. The Morgan fingerprint density at radius 3 is 2.92 bits per heavy atom. The van der Waals surface area contributed by atoms with Gasteiger partial charge in [-0.05, 0) is 67.5 Å². The Morgan fingerprint density at radius 1 is 1.27 bits per heavy atom. The molecule has 1 saturated carbocycles. The van der Waals surface area contributed by atoms with Crippen molar-refractivity contribution < 1.29 is 8.42 Å². The molecule has 2 aromatic rings. The zero-order valence-corrected chi connectivity index (χ0v) is 16.1. The van der Waals surface area contributed by atoms with Crippen LogP contribution in [0.5, 0.6) is 0 Å². The minimum atomic E-state index is -3.25. The van der Waals surface area contributed by atoms with E-state index in [0.717, 1.165) is 25.9 Å². The third kappa shape index (κ3) is 3.67. The van der Waals surface area contributed by atoms with Gasteiger partial charge >= 0.3 is 0 Å². The van der Waals surface area contributed by atoms with Gasteiger partial charge in [-0.2, -0.15) is 0 Å². The Labute approximate surface area is 155 Å². The summed E-state index contributed by atoms with van der Waals surface area (Å²) in [5, 5.41) is 0. The second-order valence-electron chi connectivity index (χ2n) is 7.90. The molecule has 5 nitrogen and oxygen atoms in total. The predicted octanol–water partition coefficient (Wildman–Crippen LogP) is 3.47. The van der Waals surface area contributed by atoms with Gasteiger partial charge in [-0.3, -0.25) is 9.62 Å². The number of hydrogen-bond acceptors (Lipinski definition) is 3. The van der Waals surface area contributed by atoms with Crippen LogP contribution in [0, 0.1) is 0 Å². The van der Waals surface area contributed by atoms with Gasteiger partial charge in [-0.1, -0.05) is 18.6 Å². The van der Waals surface area contributed by atoms with Crippen LogP contribution in [-0.2, 0) is 22.0 Å². The maximum absolute atomic E-state index is 11.6. The highest BCUT2D eigenvalue weighted by Crippen LogP contribution is 2.47. The van der Waals surface area contributed by atoms with E-state index in [1.54, 1.807) is 0 Å². The fourth-order valence-corrected chi connectivity index (χ4v) is 5.39. The van der Waals surface area contributed by atoms with Crippen molar-refractivity contribution in [3.63, 3.8) is 0 Å². The number of anilines is 1. The van der Waals surface area contributed by atoms with Crippen molar-refractivity contribution in [2.24, 2.45) is 0 Å². The highest BCUT2D eigenvalue weighted by Gasteiger charge is 2.43. The van der Waals surface area contributed by atoms with Crippen molar-refractivity contribution in [1.82, 2.24) is 9.88 Å². The van der Waals surface area contributed by atoms with Gasteiger partial charge in [-0.15, -0.1) is 0 Å². The summed E-state index contributed by atoms with van der Waals surface area (Å²) in [6.45, 7) is 2.08. The molecule has 0 radical (unpaired) electrons. The Bertz CT molecular complexity index is 863. The number of aromatic amines is 1. The van der Waals surface area contributed by atoms with Crippen LogP contribution in [0.4, 0.5) is 5.69 Å². The molecular formula is C20H27N3O2S. The Kier molecular flexibility index (Phi) is 4.57. The maximum Gasteiger partial charge on any atom is 0.229 e. The molecule has 1 aromatic carbocycles. The summed E-state index contributed by atoms with van der Waals surface area (Å²) >= 11 is 0. The molecule has 1 aliphatic carbocycles. The molecule has 1 aliphatic heterocycles. The van der Waals surface area contributed by atoms with Crippen LogP contribution in [0.25, 0.3) is 0 Å². The quantitative estimate of drug-likeness (QED) is 0.843. The van der Waals surface area contributed by atoms with Crippen LogP contribution in [0.1, 0.15) is 43.4 Å². The van der Waals surface area contributed by atoms with Crippen molar-refractivity contribution >= 4 is 15.7 Å². The number of nitrogens with zero attached hydrogens (tertiary/aromatic N) is 1. The number of sulfonamides is 1. The first-order valence-corrected chi connectivity index (χ1v) is 11.3. The fourth-order valence-electron chi connectivity index (χ4n) is 4.84. The van der Waals surface area contributed by atoms with Crippen LogP contribution >= 0.6 is 0 Å². The number of hydrogen-bond donors (Lipinski definition) is 2. The summed E-state index contributed by atoms with van der Waals surface area (Å²) in [5.74, 6) is 0. The number of nitrogens with one attached hydrogen (secondary N) is 2. The lowest BCUT2D eigenvalue weighted by atomic mass is 9.63. The lowest BCUT2D eigenvalue weighted by Crippen LogP contribution is -2.51. The van der Waals surface area contributed by atoms with Gasteiger partial charge in [0.15, 0.2) is 0 Å². The minimum absolute atomic E-state index is 0.185. The molecule has 140 valence electrons. The molecule has 0 spiro atoms. The van der Waals surface area contributed by atoms with Gasteiger partial charge < -0.3 is 4.98 Å². The van der Waals surface area contributed by atoms with Gasteiger partial charge in [0.2, 0.25) is 10.0 Å². The molecule has 4 rings (SSSR count). The number of H-pyrrole nitrogens is 1. The van der Waals surface area contributed by atoms with Gasteiger partial charge in [0.25, 0.3) is 0 Å². The highest BCUT2D eigenvalue weighted by atomic mass is 32.2. The first-order chi connectivity index (χ1) is 12.4. The monoisotopic (exact) mass is 373 g/mol. The molecule has 2 bridgehead atoms. The molecule has 2 aliphatic rings. The SMILES string of the molecule is CS(=O)(=O)Nc1cccc(C23CCCC(C2)N(Cc2ccc[nH]2)CC3)c1. The molecule has 2 atom stereocenters. The summed E-state index contributed by atoms with van der Waals surface area (Å²) in [6.07, 6.45) is 9.17. The zero-order chi connectivity index (χ0) is 18.2. The van der Waals surface area contributed by atoms with Gasteiger partial charge in [0, 0.05) is 30.2 Å². The average Bonchev–Trinajstić information content (AvgIpc) is 3.10. The van der Waals surface area contributed by atoms with E-state index in [0.29, 0.717) is 11.7 Å². The molecule has 0 amide bonds. The summed E-state index contributed by atoms with van der Waals surface area (Å²) in [5.41, 5.74) is 3.43. The van der Waals surface area contributed by atoms with E-state index in [-0.39, 0.29) is 5.41 Å². The lowest BCUT2D eigenvalue weighted by molar-refractivity contribution is 0.0451. The van der Waals surface area contributed by atoms with E-state index in [2.05, 4.69) is 32.8 Å². The van der Waals surface area contributed by atoms with Gasteiger partial charge in [-0.25, -0.2) is 8.42 Å². The predicted molar refractivity (Wildman–Crippen MR) is 105 cm³/mol. The highest BCUT2D eigenvalue weighted by molar-refractivity contribution is 7.92. The van der Waals surface area contributed by atoms with E-state index in [4.69, 9.17) is 0 Å². The van der Waals surface area contributed by atoms with Crippen molar-refractivity contribution in [3.8, 4) is 0 Å². The van der Waals surface area contributed by atoms with E-state index in [1.807, 2.05) is 24.4 Å². The Hall–Kier alpha value is -1.79. The van der Waals surface area contributed by atoms with E-state index in [9.17, 15) is 8.42 Å². The molecule has 2 N–H and O–H groups in total. The number of benzene rings is 1. The summed E-state index contributed by atoms with van der Waals surface area (Å²) in [4.78, 5) is 5.93. The van der Waals surface area contributed by atoms with Crippen LogP contribution in [-0.4, -0.2) is 37.1 Å². The number of likely N-dealkylation sites (tertiary alicyclic amines) is 1. The molecule has 2 heterocycles. The number of fused-ring (bicyclic) bond motifs is 2. The first kappa shape index (κ1) is 17.6. The molecule has 2 fully saturated rings. The maximum atomic E-state index is 11.6.